The summed E-state index contributed by atoms with van der Waals surface area (Å²) in [5.41, 5.74) is 0.650. The maximum atomic E-state index is 14.3. The Morgan fingerprint density at radius 2 is 1.57 bits per heavy atom. The molecule has 0 aliphatic carbocycles. The van der Waals surface area contributed by atoms with Crippen LogP contribution in [0.1, 0.15) is 45.6 Å². The highest BCUT2D eigenvalue weighted by molar-refractivity contribution is 7.92. The molecule has 0 fully saturated rings. The summed E-state index contributed by atoms with van der Waals surface area (Å²) in [4.78, 5) is 29.0. The number of carbonyl (C=O) groups excluding carboxylic acids is 2. The van der Waals surface area contributed by atoms with Gasteiger partial charge in [-0.3, -0.25) is 13.9 Å². The average Bonchev–Trinajstić information content (AvgIpc) is 3.05. The quantitative estimate of drug-likeness (QED) is 0.164. The van der Waals surface area contributed by atoms with E-state index in [-0.39, 0.29) is 35.2 Å². The van der Waals surface area contributed by atoms with E-state index in [1.807, 2.05) is 13.8 Å². The van der Waals surface area contributed by atoms with Gasteiger partial charge in [-0.05, 0) is 68.3 Å². The van der Waals surface area contributed by atoms with Gasteiger partial charge < -0.3 is 24.4 Å². The Morgan fingerprint density at radius 1 is 0.913 bits per heavy atom. The molecule has 3 aromatic rings. The lowest BCUT2D eigenvalue weighted by Gasteiger charge is -2.33. The number of anilines is 1. The molecule has 0 saturated heterocycles. The molecule has 0 unspecified atom stereocenters. The van der Waals surface area contributed by atoms with Gasteiger partial charge in [-0.15, -0.1) is 0 Å². The van der Waals surface area contributed by atoms with Gasteiger partial charge in [0.15, 0.2) is 11.5 Å². The van der Waals surface area contributed by atoms with Crippen molar-refractivity contribution < 1.29 is 32.2 Å². The van der Waals surface area contributed by atoms with Crippen LogP contribution in [0.4, 0.5) is 5.69 Å². The van der Waals surface area contributed by atoms with Gasteiger partial charge in [-0.25, -0.2) is 8.42 Å². The van der Waals surface area contributed by atoms with E-state index in [9.17, 15) is 18.0 Å². The second-order valence-corrected chi connectivity index (χ2v) is 12.9. The zero-order valence-electron chi connectivity index (χ0n) is 26.7. The van der Waals surface area contributed by atoms with Crippen molar-refractivity contribution in [2.24, 2.45) is 0 Å². The number of benzene rings is 3. The van der Waals surface area contributed by atoms with E-state index >= 15 is 0 Å². The first-order valence-corrected chi connectivity index (χ1v) is 17.2. The minimum Gasteiger partial charge on any atom is -0.494 e. The van der Waals surface area contributed by atoms with Crippen LogP contribution in [0, 0.1) is 0 Å². The van der Waals surface area contributed by atoms with Crippen molar-refractivity contribution in [3.63, 3.8) is 0 Å². The summed E-state index contributed by atoms with van der Waals surface area (Å²) in [5, 5.41) is 3.52. The molecule has 0 radical (unpaired) electrons. The molecule has 0 aromatic heterocycles. The Kier molecular flexibility index (Phi) is 13.8. The first-order valence-electron chi connectivity index (χ1n) is 15.0. The monoisotopic (exact) mass is 693 g/mol. The second kappa shape index (κ2) is 17.3. The summed E-state index contributed by atoms with van der Waals surface area (Å²) in [7, 11) is -1.53. The zero-order valence-corrected chi connectivity index (χ0v) is 29.0. The number of hydrogen-bond donors (Lipinski definition) is 1. The van der Waals surface area contributed by atoms with Gasteiger partial charge in [0.2, 0.25) is 11.8 Å². The number of nitrogens with one attached hydrogen (secondary N) is 1. The SMILES string of the molecule is CCCCNC(=O)[C@H](CC)N(Cc1c(Cl)cccc1Cl)C(=O)CN(c1ccc(OCC)cc1)S(=O)(=O)c1ccc(OC)c(OC)c1. The van der Waals surface area contributed by atoms with Gasteiger partial charge in [-0.2, -0.15) is 0 Å². The third kappa shape index (κ3) is 8.98. The van der Waals surface area contributed by atoms with Crippen LogP contribution in [0.3, 0.4) is 0 Å². The second-order valence-electron chi connectivity index (χ2n) is 10.2. The molecule has 13 heteroatoms. The summed E-state index contributed by atoms with van der Waals surface area (Å²) in [5.74, 6) is 0.0826. The van der Waals surface area contributed by atoms with Crippen molar-refractivity contribution in [3.05, 3.63) is 76.3 Å². The Bertz CT molecular complexity index is 1570. The molecule has 0 saturated carbocycles. The molecule has 3 rings (SSSR count). The summed E-state index contributed by atoms with van der Waals surface area (Å²) in [6.07, 6.45) is 1.90. The lowest BCUT2D eigenvalue weighted by Crippen LogP contribution is -2.52. The van der Waals surface area contributed by atoms with Crippen LogP contribution >= 0.6 is 23.2 Å². The van der Waals surface area contributed by atoms with Crippen LogP contribution < -0.4 is 23.8 Å². The highest BCUT2D eigenvalue weighted by Crippen LogP contribution is 2.33. The van der Waals surface area contributed by atoms with Crippen molar-refractivity contribution in [1.29, 1.82) is 0 Å². The van der Waals surface area contributed by atoms with Crippen molar-refractivity contribution in [3.8, 4) is 17.2 Å². The number of rotatable bonds is 17. The van der Waals surface area contributed by atoms with Crippen LogP contribution in [0.5, 0.6) is 17.2 Å². The van der Waals surface area contributed by atoms with Crippen LogP contribution in [-0.2, 0) is 26.2 Å². The largest absolute Gasteiger partial charge is 0.494 e. The maximum Gasteiger partial charge on any atom is 0.264 e. The summed E-state index contributed by atoms with van der Waals surface area (Å²) >= 11 is 13.0. The van der Waals surface area contributed by atoms with Crippen molar-refractivity contribution in [2.45, 2.75) is 57.5 Å². The zero-order chi connectivity index (χ0) is 33.9. The summed E-state index contributed by atoms with van der Waals surface area (Å²) in [6, 6.07) is 14.6. The predicted octanol–water partition coefficient (Wildman–Crippen LogP) is 6.33. The molecule has 1 atom stereocenters. The smallest absolute Gasteiger partial charge is 0.264 e. The molecule has 0 heterocycles. The third-order valence-electron chi connectivity index (χ3n) is 7.26. The van der Waals surface area contributed by atoms with Crippen LogP contribution in [-0.4, -0.2) is 65.1 Å². The fourth-order valence-electron chi connectivity index (χ4n) is 4.79. The molecule has 10 nitrogen and oxygen atoms in total. The van der Waals surface area contributed by atoms with E-state index in [0.717, 1.165) is 17.1 Å². The van der Waals surface area contributed by atoms with Crippen molar-refractivity contribution >= 4 is 50.7 Å². The van der Waals surface area contributed by atoms with Crippen LogP contribution in [0.25, 0.3) is 0 Å². The fraction of sp³-hybridized carbons (Fsp3) is 0.394. The standard InChI is InChI=1S/C33H41Cl2N3O7S/c1-6-9-19-36-33(40)29(7-2)37(21-26-27(34)11-10-12-28(26)35)32(39)22-38(23-13-15-24(16-14-23)45-8-3)46(41,42)25-17-18-30(43-4)31(20-25)44-5/h10-18,20,29H,6-9,19,21-22H2,1-5H3,(H,36,40)/t29-/m0/s1. The summed E-state index contributed by atoms with van der Waals surface area (Å²) in [6.45, 7) is 5.73. The third-order valence-corrected chi connectivity index (χ3v) is 9.74. The van der Waals surface area contributed by atoms with E-state index in [4.69, 9.17) is 37.4 Å². The maximum absolute atomic E-state index is 14.3. The highest BCUT2D eigenvalue weighted by Gasteiger charge is 2.34. The van der Waals surface area contributed by atoms with Crippen molar-refractivity contribution in [1.82, 2.24) is 10.2 Å². The van der Waals surface area contributed by atoms with Gasteiger partial charge in [0, 0.05) is 34.8 Å². The number of methoxy groups -OCH3 is 2. The molecule has 3 aromatic carbocycles. The number of unbranched alkanes of at least 4 members (excludes halogenated alkanes) is 1. The highest BCUT2D eigenvalue weighted by atomic mass is 35.5. The Hall–Kier alpha value is -3.67. The number of nitrogens with zero attached hydrogens (tertiary/aromatic N) is 2. The first-order chi connectivity index (χ1) is 22.0. The van der Waals surface area contributed by atoms with Gasteiger partial charge in [0.1, 0.15) is 18.3 Å². The molecule has 1 N–H and O–H groups in total. The lowest BCUT2D eigenvalue weighted by molar-refractivity contribution is -0.140. The van der Waals surface area contributed by atoms with Crippen molar-refractivity contribution in [2.75, 3.05) is 38.2 Å². The fourth-order valence-corrected chi connectivity index (χ4v) is 6.73. The molecular weight excluding hydrogens is 653 g/mol. The number of sulfonamides is 1. The minimum atomic E-state index is -4.37. The average molecular weight is 695 g/mol. The first kappa shape index (κ1) is 36.8. The molecule has 0 aliphatic rings. The van der Waals surface area contributed by atoms with Crippen LogP contribution in [0.15, 0.2) is 65.6 Å². The van der Waals surface area contributed by atoms with E-state index in [0.29, 0.717) is 40.3 Å². The van der Waals surface area contributed by atoms with E-state index in [1.165, 1.54) is 37.3 Å². The van der Waals surface area contributed by atoms with E-state index in [1.54, 1.807) is 49.4 Å². The normalized spacial score (nSPS) is 11.8. The number of halogens is 2. The van der Waals surface area contributed by atoms with E-state index < -0.39 is 28.5 Å². The summed E-state index contributed by atoms with van der Waals surface area (Å²) < 4.78 is 45.8. The number of ether oxygens (including phenoxy) is 3. The Labute approximate surface area is 281 Å². The number of amides is 2. The van der Waals surface area contributed by atoms with Crippen LogP contribution in [0.2, 0.25) is 10.0 Å². The predicted molar refractivity (Wildman–Crippen MR) is 181 cm³/mol. The Balaban J connectivity index is 2.13. The van der Waals surface area contributed by atoms with Gasteiger partial charge in [-0.1, -0.05) is 49.5 Å². The Morgan fingerprint density at radius 3 is 2.13 bits per heavy atom. The van der Waals surface area contributed by atoms with Gasteiger partial charge in [0.05, 0.1) is 31.4 Å². The molecule has 0 bridgehead atoms. The number of carbonyl (C=O) groups is 2. The topological polar surface area (TPSA) is 114 Å². The molecule has 46 heavy (non-hydrogen) atoms. The lowest BCUT2D eigenvalue weighted by atomic mass is 10.1. The number of hydrogen-bond acceptors (Lipinski definition) is 7. The molecule has 2 amide bonds. The minimum absolute atomic E-state index is 0.120. The van der Waals surface area contributed by atoms with Gasteiger partial charge in [0.25, 0.3) is 10.0 Å². The molecule has 250 valence electrons. The molecule has 0 spiro atoms. The molecular formula is C33H41Cl2N3O7S. The van der Waals surface area contributed by atoms with E-state index in [2.05, 4.69) is 5.32 Å². The van der Waals surface area contributed by atoms with Gasteiger partial charge >= 0.3 is 0 Å². The molecule has 0 aliphatic heterocycles.